The van der Waals surface area contributed by atoms with Gasteiger partial charge in [-0.3, -0.25) is 0 Å². The minimum absolute atomic E-state index is 0.0446. The van der Waals surface area contributed by atoms with Crippen molar-refractivity contribution in [3.8, 4) is 0 Å². The summed E-state index contributed by atoms with van der Waals surface area (Å²) in [5.41, 5.74) is 0.191. The van der Waals surface area contributed by atoms with Crippen molar-refractivity contribution in [1.29, 1.82) is 0 Å². The van der Waals surface area contributed by atoms with Crippen LogP contribution in [0.1, 0.15) is 86.5 Å². The van der Waals surface area contributed by atoms with Gasteiger partial charge in [-0.1, -0.05) is 0 Å². The number of hydrogen-bond acceptors (Lipinski definition) is 5. The molecule has 2 saturated carbocycles. The maximum Gasteiger partial charge on any atom is 0.0631 e. The first-order valence-corrected chi connectivity index (χ1v) is 11.8. The van der Waals surface area contributed by atoms with Gasteiger partial charge in [-0.2, -0.15) is 0 Å². The summed E-state index contributed by atoms with van der Waals surface area (Å²) in [6, 6.07) is 0.708. The molecule has 2 aliphatic rings. The van der Waals surface area contributed by atoms with Crippen LogP contribution in [0.2, 0.25) is 0 Å². The lowest BCUT2D eigenvalue weighted by atomic mass is 9.77. The molecule has 0 aromatic rings. The van der Waals surface area contributed by atoms with E-state index >= 15 is 0 Å². The van der Waals surface area contributed by atoms with E-state index in [4.69, 9.17) is 18.9 Å². The van der Waals surface area contributed by atoms with E-state index in [2.05, 4.69) is 46.9 Å². The third-order valence-corrected chi connectivity index (χ3v) is 5.48. The van der Waals surface area contributed by atoms with E-state index in [0.717, 1.165) is 64.6 Å². The lowest BCUT2D eigenvalue weighted by Crippen LogP contribution is -2.50. The Balaban J connectivity index is 1.27. The summed E-state index contributed by atoms with van der Waals surface area (Å²) in [7, 11) is 0. The normalized spacial score (nSPS) is 27.5. The zero-order valence-electron chi connectivity index (χ0n) is 19.9. The molecule has 0 aromatic heterocycles. The Morgan fingerprint density at radius 3 is 1.90 bits per heavy atom. The average molecular weight is 414 g/mol. The summed E-state index contributed by atoms with van der Waals surface area (Å²) in [6.07, 6.45) is 8.57. The SMILES string of the molecule is CC(C)(C)NC1CC(CCOCCCOCCCOC2CC(OC(C)(C)C)C2)C1. The van der Waals surface area contributed by atoms with Crippen LogP contribution in [-0.4, -0.2) is 62.4 Å². The lowest BCUT2D eigenvalue weighted by Gasteiger charge is -2.40. The monoisotopic (exact) mass is 413 g/mol. The van der Waals surface area contributed by atoms with E-state index in [1.54, 1.807) is 0 Å². The molecule has 2 rings (SSSR count). The molecule has 0 aliphatic heterocycles. The molecule has 5 heteroatoms. The van der Waals surface area contributed by atoms with Gasteiger partial charge in [0.05, 0.1) is 17.8 Å². The molecule has 5 nitrogen and oxygen atoms in total. The van der Waals surface area contributed by atoms with Gasteiger partial charge in [0.2, 0.25) is 0 Å². The quantitative estimate of drug-likeness (QED) is 0.418. The van der Waals surface area contributed by atoms with Gasteiger partial charge in [0.25, 0.3) is 0 Å². The topological polar surface area (TPSA) is 49.0 Å². The van der Waals surface area contributed by atoms with Gasteiger partial charge >= 0.3 is 0 Å². The van der Waals surface area contributed by atoms with Crippen LogP contribution in [0.25, 0.3) is 0 Å². The molecule has 0 unspecified atom stereocenters. The van der Waals surface area contributed by atoms with Crippen LogP contribution in [0.3, 0.4) is 0 Å². The van der Waals surface area contributed by atoms with E-state index in [1.165, 1.54) is 19.3 Å². The van der Waals surface area contributed by atoms with Gasteiger partial charge in [-0.05, 0) is 92.4 Å². The maximum atomic E-state index is 5.93. The van der Waals surface area contributed by atoms with Crippen LogP contribution in [0, 0.1) is 5.92 Å². The number of hydrogen-bond donors (Lipinski definition) is 1. The van der Waals surface area contributed by atoms with Crippen molar-refractivity contribution in [2.24, 2.45) is 5.92 Å². The summed E-state index contributed by atoms with van der Waals surface area (Å²) >= 11 is 0. The molecule has 1 N–H and O–H groups in total. The first-order chi connectivity index (χ1) is 13.6. The van der Waals surface area contributed by atoms with Crippen molar-refractivity contribution >= 4 is 0 Å². The van der Waals surface area contributed by atoms with Crippen LogP contribution >= 0.6 is 0 Å². The Morgan fingerprint density at radius 1 is 0.724 bits per heavy atom. The summed E-state index contributed by atoms with van der Waals surface area (Å²) in [5, 5.41) is 3.68. The predicted molar refractivity (Wildman–Crippen MR) is 118 cm³/mol. The molecule has 0 heterocycles. The minimum atomic E-state index is -0.0446. The maximum absolute atomic E-state index is 5.93. The molecule has 172 valence electrons. The predicted octanol–water partition coefficient (Wildman–Crippen LogP) is 4.72. The van der Waals surface area contributed by atoms with E-state index < -0.39 is 0 Å². The Hall–Kier alpha value is -0.200. The second-order valence-electron chi connectivity index (χ2n) is 11.0. The van der Waals surface area contributed by atoms with Crippen molar-refractivity contribution < 1.29 is 18.9 Å². The van der Waals surface area contributed by atoms with Crippen molar-refractivity contribution in [3.63, 3.8) is 0 Å². The number of rotatable bonds is 14. The molecule has 2 aliphatic carbocycles. The zero-order chi connectivity index (χ0) is 21.3. The van der Waals surface area contributed by atoms with Crippen molar-refractivity contribution in [2.45, 2.75) is 116 Å². The second-order valence-corrected chi connectivity index (χ2v) is 11.0. The van der Waals surface area contributed by atoms with Crippen LogP contribution in [0.15, 0.2) is 0 Å². The summed E-state index contributed by atoms with van der Waals surface area (Å²) in [6.45, 7) is 17.1. The van der Waals surface area contributed by atoms with Crippen molar-refractivity contribution in [3.05, 3.63) is 0 Å². The average Bonchev–Trinajstić information content (AvgIpc) is 2.52. The molecule has 0 radical (unpaired) electrons. The third-order valence-electron chi connectivity index (χ3n) is 5.48. The van der Waals surface area contributed by atoms with Crippen molar-refractivity contribution in [2.75, 3.05) is 33.0 Å². The first kappa shape index (κ1) is 25.1. The van der Waals surface area contributed by atoms with Crippen LogP contribution in [-0.2, 0) is 18.9 Å². The zero-order valence-corrected chi connectivity index (χ0v) is 19.9. The van der Waals surface area contributed by atoms with E-state index in [-0.39, 0.29) is 11.1 Å². The van der Waals surface area contributed by atoms with Crippen LogP contribution in [0.4, 0.5) is 0 Å². The fraction of sp³-hybridized carbons (Fsp3) is 1.00. The molecule has 0 atom stereocenters. The Bertz CT molecular complexity index is 391. The van der Waals surface area contributed by atoms with Gasteiger partial charge in [0.1, 0.15) is 0 Å². The molecule has 2 fully saturated rings. The van der Waals surface area contributed by atoms with Gasteiger partial charge in [0.15, 0.2) is 0 Å². The van der Waals surface area contributed by atoms with E-state index in [0.29, 0.717) is 18.2 Å². The highest BCUT2D eigenvalue weighted by Crippen LogP contribution is 2.31. The van der Waals surface area contributed by atoms with Gasteiger partial charge in [0, 0.05) is 44.6 Å². The molecule has 0 spiro atoms. The molecular formula is C24H47NO4. The second kappa shape index (κ2) is 12.0. The summed E-state index contributed by atoms with van der Waals surface area (Å²) < 4.78 is 23.2. The summed E-state index contributed by atoms with van der Waals surface area (Å²) in [4.78, 5) is 0. The molecule has 0 amide bonds. The highest BCUT2D eigenvalue weighted by molar-refractivity contribution is 4.89. The Labute approximate surface area is 179 Å². The van der Waals surface area contributed by atoms with Crippen LogP contribution in [0.5, 0.6) is 0 Å². The molecule has 29 heavy (non-hydrogen) atoms. The highest BCUT2D eigenvalue weighted by atomic mass is 16.5. The molecule has 0 bridgehead atoms. The highest BCUT2D eigenvalue weighted by Gasteiger charge is 2.33. The molecule has 0 saturated heterocycles. The Kier molecular flexibility index (Phi) is 10.4. The first-order valence-electron chi connectivity index (χ1n) is 11.8. The molecular weight excluding hydrogens is 366 g/mol. The minimum Gasteiger partial charge on any atom is -0.381 e. The summed E-state index contributed by atoms with van der Waals surface area (Å²) in [5.74, 6) is 0.845. The van der Waals surface area contributed by atoms with E-state index in [9.17, 15) is 0 Å². The van der Waals surface area contributed by atoms with Gasteiger partial charge in [-0.15, -0.1) is 0 Å². The van der Waals surface area contributed by atoms with Crippen LogP contribution < -0.4 is 5.32 Å². The van der Waals surface area contributed by atoms with E-state index in [1.807, 2.05) is 0 Å². The third kappa shape index (κ3) is 11.7. The van der Waals surface area contributed by atoms with Crippen molar-refractivity contribution in [1.82, 2.24) is 5.32 Å². The molecule has 0 aromatic carbocycles. The fourth-order valence-corrected chi connectivity index (χ4v) is 4.08. The number of ether oxygens (including phenoxy) is 4. The van der Waals surface area contributed by atoms with Gasteiger partial charge in [-0.25, -0.2) is 0 Å². The van der Waals surface area contributed by atoms with Gasteiger partial charge < -0.3 is 24.3 Å². The standard InChI is InChI=1S/C24H47NO4/c1-23(2,3)25-20-15-19(16-20)9-14-27-11-7-10-26-12-8-13-28-21-17-22(18-21)29-24(4,5)6/h19-22,25H,7-18H2,1-6H3. The lowest BCUT2D eigenvalue weighted by molar-refractivity contribution is -0.149. The fourth-order valence-electron chi connectivity index (χ4n) is 4.08. The Morgan fingerprint density at radius 2 is 1.31 bits per heavy atom. The largest absolute Gasteiger partial charge is 0.381 e. The smallest absolute Gasteiger partial charge is 0.0631 e. The number of nitrogens with one attached hydrogen (secondary N) is 1.